The van der Waals surface area contributed by atoms with Crippen LogP contribution in [-0.2, 0) is 15.0 Å². The van der Waals surface area contributed by atoms with Crippen LogP contribution < -0.4 is 5.32 Å². The summed E-state index contributed by atoms with van der Waals surface area (Å²) in [6.07, 6.45) is 7.08. The Kier molecular flexibility index (Phi) is 7.37. The summed E-state index contributed by atoms with van der Waals surface area (Å²) in [5.41, 5.74) is 2.48. The lowest BCUT2D eigenvalue weighted by molar-refractivity contribution is -0.138. The van der Waals surface area contributed by atoms with Crippen LogP contribution in [0.15, 0.2) is 18.2 Å². The average Bonchev–Trinajstić information content (AvgIpc) is 3.30. The molecule has 0 aromatic heterocycles. The zero-order valence-electron chi connectivity index (χ0n) is 21.5. The number of carbonyl (C=O) groups is 2. The van der Waals surface area contributed by atoms with E-state index in [1.54, 1.807) is 11.0 Å². The number of piperidine rings is 1. The molecule has 188 valence electrons. The summed E-state index contributed by atoms with van der Waals surface area (Å²) in [5, 5.41) is 3.25. The van der Waals surface area contributed by atoms with Gasteiger partial charge in [0, 0.05) is 13.0 Å². The molecular weight excluding hydrogens is 429 g/mol. The van der Waals surface area contributed by atoms with Crippen molar-refractivity contribution < 1.29 is 14.0 Å². The lowest BCUT2D eigenvalue weighted by Gasteiger charge is -2.47. The molecule has 0 saturated carbocycles. The summed E-state index contributed by atoms with van der Waals surface area (Å²) in [4.78, 5) is 29.8. The van der Waals surface area contributed by atoms with E-state index in [0.717, 1.165) is 69.3 Å². The number of nitrogens with one attached hydrogen (secondary N) is 1. The molecule has 2 fully saturated rings. The molecule has 1 aliphatic carbocycles. The Bertz CT molecular complexity index is 901. The van der Waals surface area contributed by atoms with Crippen LogP contribution in [0.2, 0.25) is 0 Å². The highest BCUT2D eigenvalue weighted by atomic mass is 19.1. The number of fused-ring (bicyclic) bond motifs is 2. The van der Waals surface area contributed by atoms with Crippen LogP contribution in [-0.4, -0.2) is 53.8 Å². The summed E-state index contributed by atoms with van der Waals surface area (Å²) >= 11 is 0. The van der Waals surface area contributed by atoms with Crippen LogP contribution in [0.3, 0.4) is 0 Å². The minimum atomic E-state index is -0.377. The van der Waals surface area contributed by atoms with Crippen LogP contribution in [0.25, 0.3) is 0 Å². The molecule has 34 heavy (non-hydrogen) atoms. The first-order valence-corrected chi connectivity index (χ1v) is 13.2. The van der Waals surface area contributed by atoms with Crippen molar-refractivity contribution in [3.05, 3.63) is 35.1 Å². The second-order valence-electron chi connectivity index (χ2n) is 11.9. The van der Waals surface area contributed by atoms with Gasteiger partial charge in [-0.3, -0.25) is 9.59 Å². The largest absolute Gasteiger partial charge is 0.347 e. The Labute approximate surface area is 204 Å². The van der Waals surface area contributed by atoms with E-state index < -0.39 is 0 Å². The van der Waals surface area contributed by atoms with Crippen molar-refractivity contribution in [2.24, 2.45) is 5.41 Å². The summed E-state index contributed by atoms with van der Waals surface area (Å²) in [6, 6.07) is 4.63. The molecule has 2 atom stereocenters. The first kappa shape index (κ1) is 25.2. The van der Waals surface area contributed by atoms with E-state index in [1.807, 2.05) is 13.0 Å². The van der Waals surface area contributed by atoms with Crippen molar-refractivity contribution >= 4 is 11.8 Å². The normalized spacial score (nSPS) is 24.8. The lowest BCUT2D eigenvalue weighted by Crippen LogP contribution is -2.49. The molecule has 6 heteroatoms. The fraction of sp³-hybridized carbons (Fsp3) is 0.714. The fourth-order valence-corrected chi connectivity index (χ4v) is 6.18. The van der Waals surface area contributed by atoms with Gasteiger partial charge in [-0.15, -0.1) is 0 Å². The topological polar surface area (TPSA) is 52.7 Å². The third-order valence-corrected chi connectivity index (χ3v) is 8.36. The van der Waals surface area contributed by atoms with E-state index in [1.165, 1.54) is 12.5 Å². The maximum atomic E-state index is 14.4. The van der Waals surface area contributed by atoms with E-state index in [-0.39, 0.29) is 35.1 Å². The summed E-state index contributed by atoms with van der Waals surface area (Å²) in [7, 11) is 0. The second kappa shape index (κ2) is 9.96. The van der Waals surface area contributed by atoms with Gasteiger partial charge in [-0.2, -0.15) is 0 Å². The summed E-state index contributed by atoms with van der Waals surface area (Å²) < 4.78 is 14.4. The molecule has 2 heterocycles. The molecule has 1 N–H and O–H groups in total. The fourth-order valence-electron chi connectivity index (χ4n) is 6.18. The van der Waals surface area contributed by atoms with Gasteiger partial charge in [0.1, 0.15) is 11.9 Å². The third-order valence-electron chi connectivity index (χ3n) is 8.36. The highest BCUT2D eigenvalue weighted by Crippen LogP contribution is 2.48. The Balaban J connectivity index is 1.48. The van der Waals surface area contributed by atoms with E-state index in [4.69, 9.17) is 0 Å². The molecule has 3 aliphatic rings. The number of rotatable bonds is 5. The van der Waals surface area contributed by atoms with Crippen LogP contribution in [0.5, 0.6) is 0 Å². The Hall–Kier alpha value is -1.95. The maximum Gasteiger partial charge on any atom is 0.243 e. The highest BCUT2D eigenvalue weighted by molar-refractivity contribution is 5.88. The number of nitrogens with zero attached hydrogens (tertiary/aromatic N) is 2. The molecule has 5 nitrogen and oxygen atoms in total. The molecule has 4 rings (SSSR count). The van der Waals surface area contributed by atoms with Crippen molar-refractivity contribution in [2.75, 3.05) is 26.2 Å². The summed E-state index contributed by atoms with van der Waals surface area (Å²) in [6.45, 7) is 12.6. The number of likely N-dealkylation sites (tertiary alicyclic amines) is 2. The molecule has 1 aromatic carbocycles. The van der Waals surface area contributed by atoms with Crippen LogP contribution in [0.4, 0.5) is 4.39 Å². The van der Waals surface area contributed by atoms with Gasteiger partial charge in [0.15, 0.2) is 0 Å². The lowest BCUT2D eigenvalue weighted by atomic mass is 9.63. The Morgan fingerprint density at radius 3 is 2.53 bits per heavy atom. The highest BCUT2D eigenvalue weighted by Gasteiger charge is 2.43. The van der Waals surface area contributed by atoms with Crippen LogP contribution in [0, 0.1) is 11.2 Å². The number of hydrogen-bond donors (Lipinski definition) is 1. The van der Waals surface area contributed by atoms with Gasteiger partial charge in [-0.25, -0.2) is 4.39 Å². The number of carbonyl (C=O) groups excluding carboxylic acids is 2. The van der Waals surface area contributed by atoms with Gasteiger partial charge in [0.25, 0.3) is 0 Å². The smallest absolute Gasteiger partial charge is 0.243 e. The molecule has 2 amide bonds. The number of hydrogen-bond acceptors (Lipinski definition) is 3. The monoisotopic (exact) mass is 471 g/mol. The standard InChI is InChI=1S/C28H42FN3O2/c1-5-25(33)32-15-6-7-24(32)26(34)30-23-10-11-28(22-19-20(29)8-9-21(22)23)13-17-31(18-14-28)16-12-27(2,3)4/h8-9,19,23-24H,5-7,10-18H2,1-4H3,(H,30,34)/t23-,24?/m0/s1. The van der Waals surface area contributed by atoms with Crippen LogP contribution >= 0.6 is 0 Å². The predicted molar refractivity (Wildman–Crippen MR) is 133 cm³/mol. The van der Waals surface area contributed by atoms with Crippen molar-refractivity contribution in [3.8, 4) is 0 Å². The van der Waals surface area contributed by atoms with Crippen molar-refractivity contribution in [3.63, 3.8) is 0 Å². The first-order chi connectivity index (χ1) is 16.1. The summed E-state index contributed by atoms with van der Waals surface area (Å²) in [5.74, 6) is -0.218. The number of benzene rings is 1. The average molecular weight is 472 g/mol. The Morgan fingerprint density at radius 1 is 1.12 bits per heavy atom. The minimum Gasteiger partial charge on any atom is -0.347 e. The predicted octanol–water partition coefficient (Wildman–Crippen LogP) is 4.95. The molecular formula is C28H42FN3O2. The molecule has 1 aromatic rings. The van der Waals surface area contributed by atoms with Gasteiger partial charge in [0.2, 0.25) is 11.8 Å². The maximum absolute atomic E-state index is 14.4. The van der Waals surface area contributed by atoms with Crippen molar-refractivity contribution in [2.45, 2.75) is 96.6 Å². The molecule has 2 saturated heterocycles. The van der Waals surface area contributed by atoms with Crippen LogP contribution in [0.1, 0.15) is 96.2 Å². The molecule has 0 radical (unpaired) electrons. The second-order valence-corrected chi connectivity index (χ2v) is 11.9. The van der Waals surface area contributed by atoms with Gasteiger partial charge in [-0.1, -0.05) is 33.8 Å². The third kappa shape index (κ3) is 5.32. The van der Waals surface area contributed by atoms with Gasteiger partial charge >= 0.3 is 0 Å². The number of halogens is 1. The molecule has 1 unspecified atom stereocenters. The molecule has 2 aliphatic heterocycles. The molecule has 1 spiro atoms. The first-order valence-electron chi connectivity index (χ1n) is 13.2. The van der Waals surface area contributed by atoms with Gasteiger partial charge in [0.05, 0.1) is 6.04 Å². The zero-order chi connectivity index (χ0) is 24.5. The zero-order valence-corrected chi connectivity index (χ0v) is 21.5. The SMILES string of the molecule is CCC(=O)N1CCCC1C(=O)N[C@H]1CCC2(CCN(CCC(C)(C)C)CC2)c2cc(F)ccc21. The van der Waals surface area contributed by atoms with Gasteiger partial charge < -0.3 is 15.1 Å². The van der Waals surface area contributed by atoms with Gasteiger partial charge in [-0.05, 0) is 98.7 Å². The quantitative estimate of drug-likeness (QED) is 0.661. The van der Waals surface area contributed by atoms with E-state index in [9.17, 15) is 14.0 Å². The van der Waals surface area contributed by atoms with Crippen molar-refractivity contribution in [1.29, 1.82) is 0 Å². The van der Waals surface area contributed by atoms with E-state index in [0.29, 0.717) is 18.4 Å². The minimum absolute atomic E-state index is 0.00549. The Morgan fingerprint density at radius 2 is 1.85 bits per heavy atom. The van der Waals surface area contributed by atoms with E-state index in [2.05, 4.69) is 31.0 Å². The molecule has 0 bridgehead atoms. The van der Waals surface area contributed by atoms with E-state index >= 15 is 0 Å². The number of amides is 2. The van der Waals surface area contributed by atoms with Crippen molar-refractivity contribution in [1.82, 2.24) is 15.1 Å².